The molecule has 0 atom stereocenters. The number of guanidine groups is 1. The average molecular weight is 263 g/mol. The molecule has 3 rings (SSSR count). The van der Waals surface area contributed by atoms with Crippen molar-refractivity contribution in [2.45, 2.75) is 70.8 Å². The van der Waals surface area contributed by atoms with Gasteiger partial charge in [0, 0.05) is 19.1 Å². The minimum atomic E-state index is 0.595. The highest BCUT2D eigenvalue weighted by Crippen LogP contribution is 2.57. The number of hydrogen-bond donors (Lipinski definition) is 2. The zero-order valence-corrected chi connectivity index (χ0v) is 12.4. The maximum Gasteiger partial charge on any atom is 0.191 e. The van der Waals surface area contributed by atoms with Crippen LogP contribution in [0.4, 0.5) is 0 Å². The summed E-state index contributed by atoms with van der Waals surface area (Å²) in [7, 11) is 0. The largest absolute Gasteiger partial charge is 0.357 e. The Bertz CT molecular complexity index is 323. The predicted molar refractivity (Wildman–Crippen MR) is 80.4 cm³/mol. The van der Waals surface area contributed by atoms with Crippen molar-refractivity contribution < 1.29 is 0 Å². The smallest absolute Gasteiger partial charge is 0.191 e. The molecule has 0 saturated heterocycles. The Kier molecular flexibility index (Phi) is 3.99. The first-order valence-corrected chi connectivity index (χ1v) is 8.37. The molecule has 0 bridgehead atoms. The summed E-state index contributed by atoms with van der Waals surface area (Å²) in [6.07, 6.45) is 12.6. The molecule has 0 radical (unpaired) electrons. The molecule has 3 aliphatic carbocycles. The van der Waals surface area contributed by atoms with Crippen molar-refractivity contribution in [1.82, 2.24) is 10.6 Å². The second kappa shape index (κ2) is 5.72. The molecule has 3 aliphatic rings. The number of nitrogens with one attached hydrogen (secondary N) is 2. The third kappa shape index (κ3) is 3.06. The fourth-order valence-corrected chi connectivity index (χ4v) is 3.84. The zero-order valence-electron chi connectivity index (χ0n) is 12.4. The minimum absolute atomic E-state index is 0.595. The van der Waals surface area contributed by atoms with Crippen molar-refractivity contribution in [3.63, 3.8) is 0 Å². The third-order valence-corrected chi connectivity index (χ3v) is 5.39. The van der Waals surface area contributed by atoms with Crippen molar-refractivity contribution in [3.8, 4) is 0 Å². The van der Waals surface area contributed by atoms with E-state index in [9.17, 15) is 0 Å². The molecular weight excluding hydrogens is 234 g/mol. The zero-order chi connectivity index (χ0) is 13.1. The number of nitrogens with zero attached hydrogens (tertiary/aromatic N) is 1. The Morgan fingerprint density at radius 1 is 1.11 bits per heavy atom. The molecule has 3 saturated carbocycles. The standard InChI is InChI=1S/C16H29N3/c1-2-17-15(19-14-6-3-4-7-14)18-12-16(10-5-11-16)13-8-9-13/h13-14H,2-12H2,1H3,(H2,17,18,19). The van der Waals surface area contributed by atoms with Crippen LogP contribution in [0.3, 0.4) is 0 Å². The molecule has 2 N–H and O–H groups in total. The maximum absolute atomic E-state index is 4.93. The number of rotatable bonds is 5. The second-order valence-corrected chi connectivity index (χ2v) is 6.81. The summed E-state index contributed by atoms with van der Waals surface area (Å²) in [5.41, 5.74) is 0.595. The highest BCUT2D eigenvalue weighted by Gasteiger charge is 2.48. The van der Waals surface area contributed by atoms with E-state index >= 15 is 0 Å². The fourth-order valence-electron chi connectivity index (χ4n) is 3.84. The molecule has 0 aromatic rings. The van der Waals surface area contributed by atoms with Gasteiger partial charge in [-0.2, -0.15) is 0 Å². The van der Waals surface area contributed by atoms with Crippen molar-refractivity contribution in [1.29, 1.82) is 0 Å². The predicted octanol–water partition coefficient (Wildman–Crippen LogP) is 3.06. The first-order chi connectivity index (χ1) is 9.32. The summed E-state index contributed by atoms with van der Waals surface area (Å²) in [5.74, 6) is 2.07. The van der Waals surface area contributed by atoms with Crippen LogP contribution < -0.4 is 10.6 Å². The Balaban J connectivity index is 1.56. The van der Waals surface area contributed by atoms with Crippen LogP contribution in [-0.4, -0.2) is 25.1 Å². The van der Waals surface area contributed by atoms with Crippen LogP contribution in [-0.2, 0) is 0 Å². The van der Waals surface area contributed by atoms with Crippen LogP contribution in [0.15, 0.2) is 4.99 Å². The van der Waals surface area contributed by atoms with Crippen molar-refractivity contribution >= 4 is 5.96 Å². The third-order valence-electron chi connectivity index (χ3n) is 5.39. The van der Waals surface area contributed by atoms with Crippen LogP contribution >= 0.6 is 0 Å². The SMILES string of the molecule is CCNC(=NCC1(C2CC2)CCC1)NC1CCCC1. The van der Waals surface area contributed by atoms with Gasteiger partial charge < -0.3 is 10.6 Å². The molecule has 3 fully saturated rings. The minimum Gasteiger partial charge on any atom is -0.357 e. The van der Waals surface area contributed by atoms with Crippen LogP contribution in [0, 0.1) is 11.3 Å². The summed E-state index contributed by atoms with van der Waals surface area (Å²) in [6.45, 7) is 4.18. The summed E-state index contributed by atoms with van der Waals surface area (Å²) in [5, 5.41) is 7.06. The van der Waals surface area contributed by atoms with E-state index in [2.05, 4.69) is 17.6 Å². The van der Waals surface area contributed by atoms with Gasteiger partial charge in [0.1, 0.15) is 0 Å². The Morgan fingerprint density at radius 2 is 1.84 bits per heavy atom. The Labute approximate surface area is 117 Å². The highest BCUT2D eigenvalue weighted by atomic mass is 15.2. The van der Waals surface area contributed by atoms with Crippen LogP contribution in [0.25, 0.3) is 0 Å². The van der Waals surface area contributed by atoms with Gasteiger partial charge in [-0.1, -0.05) is 19.3 Å². The van der Waals surface area contributed by atoms with Crippen LogP contribution in [0.2, 0.25) is 0 Å². The number of hydrogen-bond acceptors (Lipinski definition) is 1. The van der Waals surface area contributed by atoms with Gasteiger partial charge in [0.25, 0.3) is 0 Å². The summed E-state index contributed by atoms with van der Waals surface area (Å²) in [6, 6.07) is 0.663. The normalized spacial score (nSPS) is 27.1. The summed E-state index contributed by atoms with van der Waals surface area (Å²) >= 11 is 0. The molecule has 108 valence electrons. The van der Waals surface area contributed by atoms with Gasteiger partial charge in [-0.25, -0.2) is 0 Å². The van der Waals surface area contributed by atoms with Gasteiger partial charge in [0.05, 0.1) is 0 Å². The van der Waals surface area contributed by atoms with Crippen LogP contribution in [0.1, 0.15) is 64.7 Å². The summed E-state index contributed by atoms with van der Waals surface area (Å²) < 4.78 is 0. The van der Waals surface area contributed by atoms with E-state index in [0.717, 1.165) is 25.0 Å². The molecule has 0 spiro atoms. The second-order valence-electron chi connectivity index (χ2n) is 6.81. The number of aliphatic imine (C=N–C) groups is 1. The van der Waals surface area contributed by atoms with E-state index in [4.69, 9.17) is 4.99 Å². The first kappa shape index (κ1) is 13.3. The van der Waals surface area contributed by atoms with Crippen molar-refractivity contribution in [3.05, 3.63) is 0 Å². The summed E-state index contributed by atoms with van der Waals surface area (Å²) in [4.78, 5) is 4.93. The molecule has 0 aromatic heterocycles. The van der Waals surface area contributed by atoms with Gasteiger partial charge >= 0.3 is 0 Å². The lowest BCUT2D eigenvalue weighted by Crippen LogP contribution is -2.44. The fraction of sp³-hybridized carbons (Fsp3) is 0.938. The van der Waals surface area contributed by atoms with E-state index < -0.39 is 0 Å². The molecule has 0 amide bonds. The lowest BCUT2D eigenvalue weighted by Gasteiger charge is -2.41. The first-order valence-electron chi connectivity index (χ1n) is 8.37. The van der Waals surface area contributed by atoms with Gasteiger partial charge in [0.15, 0.2) is 5.96 Å². The van der Waals surface area contributed by atoms with E-state index in [1.54, 1.807) is 0 Å². The molecule has 0 unspecified atom stereocenters. The maximum atomic E-state index is 4.93. The molecule has 0 aliphatic heterocycles. The molecule has 3 heteroatoms. The van der Waals surface area contributed by atoms with Gasteiger partial charge in [-0.3, -0.25) is 4.99 Å². The molecular formula is C16H29N3. The van der Waals surface area contributed by atoms with E-state index in [-0.39, 0.29) is 0 Å². The average Bonchev–Trinajstić information content (AvgIpc) is 3.07. The van der Waals surface area contributed by atoms with Crippen molar-refractivity contribution in [2.24, 2.45) is 16.3 Å². The van der Waals surface area contributed by atoms with Gasteiger partial charge in [-0.05, 0) is 56.8 Å². The Morgan fingerprint density at radius 3 is 2.37 bits per heavy atom. The lowest BCUT2D eigenvalue weighted by molar-refractivity contribution is 0.113. The van der Waals surface area contributed by atoms with Crippen LogP contribution in [0.5, 0.6) is 0 Å². The van der Waals surface area contributed by atoms with Gasteiger partial charge in [0.2, 0.25) is 0 Å². The van der Waals surface area contributed by atoms with Crippen molar-refractivity contribution in [2.75, 3.05) is 13.1 Å². The molecule has 3 nitrogen and oxygen atoms in total. The van der Waals surface area contributed by atoms with Gasteiger partial charge in [-0.15, -0.1) is 0 Å². The van der Waals surface area contributed by atoms with E-state index in [1.807, 2.05) is 0 Å². The molecule has 0 aromatic carbocycles. The highest BCUT2D eigenvalue weighted by molar-refractivity contribution is 5.80. The van der Waals surface area contributed by atoms with E-state index in [1.165, 1.54) is 57.8 Å². The molecule has 19 heavy (non-hydrogen) atoms. The topological polar surface area (TPSA) is 36.4 Å². The molecule has 0 heterocycles. The lowest BCUT2D eigenvalue weighted by atomic mass is 9.65. The monoisotopic (exact) mass is 263 g/mol. The van der Waals surface area contributed by atoms with E-state index in [0.29, 0.717) is 11.5 Å². The Hall–Kier alpha value is -0.730. The quantitative estimate of drug-likeness (QED) is 0.591.